The number of phosphoric ester groups is 1. The maximum absolute atomic E-state index is 12.3. The number of phosphoric acid groups is 1. The summed E-state index contributed by atoms with van der Waals surface area (Å²) in [6, 6.07) is 8.30. The number of nitrogens with two attached hydrogens (primary N) is 2. The predicted octanol–water partition coefficient (Wildman–Crippen LogP) is 3.34. The van der Waals surface area contributed by atoms with Gasteiger partial charge in [-0.15, -0.1) is 10.2 Å². The summed E-state index contributed by atoms with van der Waals surface area (Å²) in [5, 5.41) is 10.5. The number of amides is 1. The Morgan fingerprint density at radius 2 is 1.88 bits per heavy atom. The van der Waals surface area contributed by atoms with E-state index in [0.717, 1.165) is 0 Å². The normalized spacial score (nSPS) is 14.7. The fourth-order valence-corrected chi connectivity index (χ4v) is 3.04. The molecular weight excluding hydrogens is 455 g/mol. The Morgan fingerprint density at radius 3 is 2.52 bits per heavy atom. The topological polar surface area (TPSA) is 193 Å². The molecule has 14 heteroatoms. The number of nitrogen functional groups attached to an aromatic ring is 1. The number of azo groups is 1. The maximum Gasteiger partial charge on any atom is 0.530 e. The molecule has 0 radical (unpaired) electrons. The molecule has 6 N–H and O–H groups in total. The fourth-order valence-electron chi connectivity index (χ4n) is 2.17. The number of anilines is 2. The van der Waals surface area contributed by atoms with Crippen molar-refractivity contribution in [3.63, 3.8) is 0 Å². The summed E-state index contributed by atoms with van der Waals surface area (Å²) in [6.07, 6.45) is -1.19. The van der Waals surface area contributed by atoms with Gasteiger partial charge in [-0.25, -0.2) is 14.1 Å². The SMILES string of the molecule is C=C(OC)OC(C)OP(=O)(O)Oc1ccccc1N=Nc1ccc(NC(=O)[C@H](C)N)nc1N. The lowest BCUT2D eigenvalue weighted by atomic mass is 10.3. The van der Waals surface area contributed by atoms with Gasteiger partial charge in [0.1, 0.15) is 17.2 Å². The second kappa shape index (κ2) is 11.4. The van der Waals surface area contributed by atoms with Crippen LogP contribution in [0.1, 0.15) is 13.8 Å². The van der Waals surface area contributed by atoms with Crippen molar-refractivity contribution in [2.45, 2.75) is 26.2 Å². The van der Waals surface area contributed by atoms with Crippen LogP contribution in [0.25, 0.3) is 0 Å². The van der Waals surface area contributed by atoms with Crippen LogP contribution in [-0.2, 0) is 23.4 Å². The molecule has 0 saturated heterocycles. The highest BCUT2D eigenvalue weighted by molar-refractivity contribution is 7.47. The van der Waals surface area contributed by atoms with Crippen LogP contribution in [0.3, 0.4) is 0 Å². The number of benzene rings is 1. The van der Waals surface area contributed by atoms with Crippen molar-refractivity contribution < 1.29 is 32.8 Å². The number of para-hydroxylation sites is 1. The summed E-state index contributed by atoms with van der Waals surface area (Å²) in [5.41, 5.74) is 11.7. The Kier molecular flexibility index (Phi) is 8.88. The van der Waals surface area contributed by atoms with E-state index in [9.17, 15) is 14.3 Å². The lowest BCUT2D eigenvalue weighted by molar-refractivity contribution is -0.117. The number of ether oxygens (including phenoxy) is 2. The minimum atomic E-state index is -4.61. The molecule has 0 bridgehead atoms. The smallest absolute Gasteiger partial charge is 0.469 e. The van der Waals surface area contributed by atoms with Crippen molar-refractivity contribution >= 4 is 36.7 Å². The van der Waals surface area contributed by atoms with Crippen LogP contribution in [0, 0.1) is 0 Å². The molecule has 33 heavy (non-hydrogen) atoms. The summed E-state index contributed by atoms with van der Waals surface area (Å²) >= 11 is 0. The largest absolute Gasteiger partial charge is 0.530 e. The highest BCUT2D eigenvalue weighted by Gasteiger charge is 2.28. The van der Waals surface area contributed by atoms with E-state index in [4.69, 9.17) is 30.0 Å². The van der Waals surface area contributed by atoms with Crippen LogP contribution < -0.4 is 21.3 Å². The molecule has 2 aromatic rings. The van der Waals surface area contributed by atoms with E-state index in [1.807, 2.05) is 0 Å². The molecule has 1 heterocycles. The Hall–Kier alpha value is -3.51. The molecule has 0 aliphatic heterocycles. The van der Waals surface area contributed by atoms with Gasteiger partial charge in [0.05, 0.1) is 13.2 Å². The molecule has 3 atom stereocenters. The third kappa shape index (κ3) is 8.16. The first-order chi connectivity index (χ1) is 15.5. The van der Waals surface area contributed by atoms with Crippen molar-refractivity contribution in [1.82, 2.24) is 4.98 Å². The molecule has 2 rings (SSSR count). The van der Waals surface area contributed by atoms with Crippen molar-refractivity contribution in [3.05, 3.63) is 48.9 Å². The Labute approximate surface area is 190 Å². The molecule has 0 fully saturated rings. The predicted molar refractivity (Wildman–Crippen MR) is 120 cm³/mol. The lowest BCUT2D eigenvalue weighted by Crippen LogP contribution is -2.32. The zero-order valence-corrected chi connectivity index (χ0v) is 19.1. The second-order valence-electron chi connectivity index (χ2n) is 6.47. The number of hydrogen-bond acceptors (Lipinski definition) is 11. The van der Waals surface area contributed by atoms with Crippen LogP contribution in [0.15, 0.2) is 59.2 Å². The summed E-state index contributed by atoms with van der Waals surface area (Å²) in [6.45, 7) is 6.31. The molecule has 178 valence electrons. The summed E-state index contributed by atoms with van der Waals surface area (Å²) in [4.78, 5) is 25.7. The lowest BCUT2D eigenvalue weighted by Gasteiger charge is -2.19. The van der Waals surface area contributed by atoms with E-state index in [2.05, 4.69) is 27.1 Å². The van der Waals surface area contributed by atoms with Gasteiger partial charge in [-0.3, -0.25) is 9.69 Å². The molecule has 0 aliphatic rings. The van der Waals surface area contributed by atoms with Gasteiger partial charge in [0.2, 0.25) is 12.2 Å². The van der Waals surface area contributed by atoms with Crippen LogP contribution in [0.2, 0.25) is 0 Å². The number of nitrogens with zero attached hydrogens (tertiary/aromatic N) is 3. The van der Waals surface area contributed by atoms with Gasteiger partial charge in [0.25, 0.3) is 5.95 Å². The fraction of sp³-hybridized carbons (Fsp3) is 0.263. The van der Waals surface area contributed by atoms with E-state index in [1.54, 1.807) is 12.1 Å². The second-order valence-corrected chi connectivity index (χ2v) is 7.80. The van der Waals surface area contributed by atoms with Gasteiger partial charge in [-0.2, -0.15) is 0 Å². The third-order valence-corrected chi connectivity index (χ3v) is 4.71. The van der Waals surface area contributed by atoms with E-state index >= 15 is 0 Å². The first kappa shape index (κ1) is 25.7. The van der Waals surface area contributed by atoms with Gasteiger partial charge < -0.3 is 30.8 Å². The Morgan fingerprint density at radius 1 is 1.21 bits per heavy atom. The number of nitrogens with one attached hydrogen (secondary N) is 1. The molecule has 0 spiro atoms. The molecule has 13 nitrogen and oxygen atoms in total. The average molecular weight is 480 g/mol. The minimum Gasteiger partial charge on any atom is -0.469 e. The first-order valence-corrected chi connectivity index (χ1v) is 10.9. The van der Waals surface area contributed by atoms with Gasteiger partial charge in [-0.05, 0) is 44.7 Å². The number of methoxy groups -OCH3 is 1. The van der Waals surface area contributed by atoms with Gasteiger partial charge >= 0.3 is 7.82 Å². The molecule has 1 aromatic heterocycles. The number of aromatic nitrogens is 1. The highest BCUT2D eigenvalue weighted by atomic mass is 31.2. The van der Waals surface area contributed by atoms with Crippen molar-refractivity contribution in [2.24, 2.45) is 16.0 Å². The highest BCUT2D eigenvalue weighted by Crippen LogP contribution is 2.48. The third-order valence-electron chi connectivity index (χ3n) is 3.72. The number of hydrogen-bond donors (Lipinski definition) is 4. The van der Waals surface area contributed by atoms with Gasteiger partial charge in [0, 0.05) is 0 Å². The summed E-state index contributed by atoms with van der Waals surface area (Å²) in [5.74, 6) is -0.434. The van der Waals surface area contributed by atoms with Crippen molar-refractivity contribution in [2.75, 3.05) is 18.2 Å². The first-order valence-electron chi connectivity index (χ1n) is 9.45. The monoisotopic (exact) mass is 480 g/mol. The van der Waals surface area contributed by atoms with Crippen LogP contribution in [-0.4, -0.2) is 35.2 Å². The molecule has 1 aromatic carbocycles. The quantitative estimate of drug-likeness (QED) is 0.160. The molecular formula is C19H25N6O7P. The Bertz CT molecular complexity index is 1080. The minimum absolute atomic E-state index is 0.0138. The summed E-state index contributed by atoms with van der Waals surface area (Å²) in [7, 11) is -3.29. The zero-order valence-electron chi connectivity index (χ0n) is 18.2. The van der Waals surface area contributed by atoms with Crippen LogP contribution >= 0.6 is 7.82 Å². The standard InChI is InChI=1S/C19H25N6O7P/c1-11(20)19(26)23-17-10-9-15(18(21)22-17)25-24-14-7-5-6-8-16(14)32-33(27,28)31-13(3)30-12(2)29-4/h5-11,13H,2,20H2,1,3-4H3,(H,27,28)(H3,21,22,23,26)/t11-,13?/m0/s1. The molecule has 0 saturated carbocycles. The van der Waals surface area contributed by atoms with Crippen molar-refractivity contribution in [3.8, 4) is 5.75 Å². The summed E-state index contributed by atoms with van der Waals surface area (Å²) < 4.78 is 32.1. The van der Waals surface area contributed by atoms with Crippen LogP contribution in [0.5, 0.6) is 5.75 Å². The average Bonchev–Trinajstić information content (AvgIpc) is 2.73. The van der Waals surface area contributed by atoms with Gasteiger partial charge in [-0.1, -0.05) is 12.1 Å². The molecule has 1 amide bonds. The number of carbonyl (C=O) groups excluding carboxylic acids is 1. The van der Waals surface area contributed by atoms with Crippen molar-refractivity contribution in [1.29, 1.82) is 0 Å². The number of carbonyl (C=O) groups is 1. The molecule has 2 unspecified atom stereocenters. The number of pyridine rings is 1. The zero-order chi connectivity index (χ0) is 24.6. The van der Waals surface area contributed by atoms with E-state index in [1.165, 1.54) is 45.2 Å². The number of rotatable bonds is 11. The van der Waals surface area contributed by atoms with E-state index < -0.39 is 26.1 Å². The maximum atomic E-state index is 12.3. The van der Waals surface area contributed by atoms with E-state index in [-0.39, 0.29) is 34.7 Å². The Balaban J connectivity index is 2.15. The van der Waals surface area contributed by atoms with E-state index in [0.29, 0.717) is 0 Å². The molecule has 0 aliphatic carbocycles. The van der Waals surface area contributed by atoms with Crippen LogP contribution in [0.4, 0.5) is 23.0 Å². The van der Waals surface area contributed by atoms with Gasteiger partial charge in [0.15, 0.2) is 11.6 Å².